The fourth-order valence-corrected chi connectivity index (χ4v) is 5.19. The molecule has 1 aromatic carbocycles. The molecule has 2 heterocycles. The van der Waals surface area contributed by atoms with E-state index in [9.17, 15) is 9.90 Å². The molecule has 2 aromatic heterocycles. The molecule has 3 aromatic rings. The van der Waals surface area contributed by atoms with E-state index in [0.29, 0.717) is 11.7 Å². The van der Waals surface area contributed by atoms with Crippen LogP contribution in [0.15, 0.2) is 22.7 Å². The number of aryl methyl sites for hydroxylation is 3. The van der Waals surface area contributed by atoms with Crippen molar-refractivity contribution in [2.75, 3.05) is 32.8 Å². The highest BCUT2D eigenvalue weighted by Gasteiger charge is 2.23. The number of hydrogen-bond donors (Lipinski definition) is 3. The number of primary amides is 1. The molecule has 1 amide bonds. The molecule has 9 nitrogen and oxygen atoms in total. The summed E-state index contributed by atoms with van der Waals surface area (Å²) in [4.78, 5) is 20.3. The van der Waals surface area contributed by atoms with Crippen LogP contribution in [0.1, 0.15) is 49.3 Å². The Morgan fingerprint density at radius 1 is 1.22 bits per heavy atom. The Kier molecular flexibility index (Phi) is 9.83. The van der Waals surface area contributed by atoms with Crippen molar-refractivity contribution < 1.29 is 19.2 Å². The number of rotatable bonds is 14. The Labute approximate surface area is 223 Å². The number of amides is 1. The first kappa shape index (κ1) is 28.8. The van der Waals surface area contributed by atoms with Crippen molar-refractivity contribution in [3.05, 3.63) is 39.8 Å². The molecule has 1 atom stereocenters. The average Bonchev–Trinajstić information content (AvgIpc) is 3.48. The number of nitrogens with zero attached hydrogens (tertiary/aromatic N) is 3. The molecule has 3 rings (SSSR count). The van der Waals surface area contributed by atoms with Crippen molar-refractivity contribution >= 4 is 17.2 Å². The van der Waals surface area contributed by atoms with Gasteiger partial charge in [0.15, 0.2) is 0 Å². The molecule has 0 bridgehead atoms. The molecule has 0 aliphatic rings. The van der Waals surface area contributed by atoms with Crippen LogP contribution in [0.3, 0.4) is 0 Å². The van der Waals surface area contributed by atoms with E-state index in [1.54, 1.807) is 18.3 Å². The van der Waals surface area contributed by atoms with Gasteiger partial charge in [-0.1, -0.05) is 25.9 Å². The SMILES string of the molecule is CCc1cc(-c2noc(-c3cc(C)c(CN(CC)CC)s3)n2)cc(C)c1OCC(C)(O)CNCC(N)=O. The van der Waals surface area contributed by atoms with Crippen molar-refractivity contribution in [3.8, 4) is 27.9 Å². The van der Waals surface area contributed by atoms with Crippen LogP contribution in [0.2, 0.25) is 0 Å². The van der Waals surface area contributed by atoms with Gasteiger partial charge in [0.2, 0.25) is 11.7 Å². The van der Waals surface area contributed by atoms with Gasteiger partial charge in [0.05, 0.1) is 11.4 Å². The fourth-order valence-electron chi connectivity index (χ4n) is 4.05. The number of benzene rings is 1. The lowest BCUT2D eigenvalue weighted by atomic mass is 10.0. The second-order valence-corrected chi connectivity index (χ2v) is 10.7. The molecule has 0 radical (unpaired) electrons. The third-order valence-electron chi connectivity index (χ3n) is 6.24. The zero-order valence-electron chi connectivity index (χ0n) is 22.7. The summed E-state index contributed by atoms with van der Waals surface area (Å²) in [5.74, 6) is 1.29. The van der Waals surface area contributed by atoms with Gasteiger partial charge in [0.1, 0.15) is 18.0 Å². The van der Waals surface area contributed by atoms with E-state index >= 15 is 0 Å². The van der Waals surface area contributed by atoms with E-state index in [1.807, 2.05) is 26.0 Å². The molecule has 10 heteroatoms. The van der Waals surface area contributed by atoms with Gasteiger partial charge in [-0.3, -0.25) is 9.69 Å². The van der Waals surface area contributed by atoms with Crippen molar-refractivity contribution in [2.24, 2.45) is 5.73 Å². The lowest BCUT2D eigenvalue weighted by molar-refractivity contribution is -0.117. The highest BCUT2D eigenvalue weighted by atomic mass is 32.1. The predicted octanol–water partition coefficient (Wildman–Crippen LogP) is 3.69. The molecule has 0 aliphatic carbocycles. The van der Waals surface area contributed by atoms with Crippen LogP contribution >= 0.6 is 11.3 Å². The number of aliphatic hydroxyl groups is 1. The minimum atomic E-state index is -1.17. The molecule has 4 N–H and O–H groups in total. The smallest absolute Gasteiger partial charge is 0.268 e. The number of ether oxygens (including phenoxy) is 1. The summed E-state index contributed by atoms with van der Waals surface area (Å²) in [5, 5.41) is 17.7. The summed E-state index contributed by atoms with van der Waals surface area (Å²) in [6.45, 7) is 15.3. The number of carbonyl (C=O) groups excluding carboxylic acids is 1. The van der Waals surface area contributed by atoms with Gasteiger partial charge in [-0.2, -0.15) is 4.98 Å². The molecular weight excluding hydrogens is 490 g/mol. The van der Waals surface area contributed by atoms with E-state index in [2.05, 4.69) is 42.2 Å². The van der Waals surface area contributed by atoms with E-state index in [1.165, 1.54) is 10.4 Å². The first-order valence-corrected chi connectivity index (χ1v) is 13.5. The van der Waals surface area contributed by atoms with Gasteiger partial charge < -0.3 is 25.4 Å². The molecule has 1 unspecified atom stereocenters. The molecule has 0 spiro atoms. The number of aromatic nitrogens is 2. The average molecular weight is 530 g/mol. The number of hydrogen-bond acceptors (Lipinski definition) is 9. The molecule has 0 saturated carbocycles. The first-order valence-electron chi connectivity index (χ1n) is 12.7. The summed E-state index contributed by atoms with van der Waals surface area (Å²) in [7, 11) is 0. The number of nitrogens with one attached hydrogen (secondary N) is 1. The monoisotopic (exact) mass is 529 g/mol. The Morgan fingerprint density at radius 2 is 1.95 bits per heavy atom. The van der Waals surface area contributed by atoms with Gasteiger partial charge in [0.25, 0.3) is 5.89 Å². The van der Waals surface area contributed by atoms with E-state index in [-0.39, 0.29) is 19.7 Å². The van der Waals surface area contributed by atoms with Crippen LogP contribution < -0.4 is 15.8 Å². The van der Waals surface area contributed by atoms with Crippen molar-refractivity contribution in [3.63, 3.8) is 0 Å². The summed E-state index contributed by atoms with van der Waals surface area (Å²) in [6, 6.07) is 6.09. The van der Waals surface area contributed by atoms with Gasteiger partial charge in [0, 0.05) is 23.5 Å². The molecule has 0 aliphatic heterocycles. The molecule has 0 saturated heterocycles. The number of carbonyl (C=O) groups is 1. The van der Waals surface area contributed by atoms with Crippen molar-refractivity contribution in [1.29, 1.82) is 0 Å². The highest BCUT2D eigenvalue weighted by molar-refractivity contribution is 7.15. The Hall–Kier alpha value is -2.79. The molecule has 0 fully saturated rings. The van der Waals surface area contributed by atoms with Crippen LogP contribution in [0, 0.1) is 13.8 Å². The quantitative estimate of drug-likeness (QED) is 0.289. The Bertz CT molecular complexity index is 1200. The fraction of sp³-hybridized carbons (Fsp3) is 0.519. The van der Waals surface area contributed by atoms with Gasteiger partial charge in [-0.05, 0) is 75.2 Å². The van der Waals surface area contributed by atoms with Crippen LogP contribution in [0.5, 0.6) is 5.75 Å². The van der Waals surface area contributed by atoms with E-state index in [0.717, 1.165) is 53.4 Å². The van der Waals surface area contributed by atoms with Gasteiger partial charge >= 0.3 is 0 Å². The lowest BCUT2D eigenvalue weighted by Crippen LogP contribution is -2.45. The predicted molar refractivity (Wildman–Crippen MR) is 147 cm³/mol. The molecular formula is C27H39N5O4S. The third-order valence-corrected chi connectivity index (χ3v) is 7.45. The maximum Gasteiger partial charge on any atom is 0.268 e. The second kappa shape index (κ2) is 12.6. The maximum absolute atomic E-state index is 10.9. The van der Waals surface area contributed by atoms with Crippen LogP contribution in [-0.4, -0.2) is 64.4 Å². The highest BCUT2D eigenvalue weighted by Crippen LogP contribution is 2.34. The summed E-state index contributed by atoms with van der Waals surface area (Å²) in [5.41, 5.74) is 7.95. The zero-order chi connectivity index (χ0) is 27.2. The second-order valence-electron chi connectivity index (χ2n) is 9.59. The summed E-state index contributed by atoms with van der Waals surface area (Å²) >= 11 is 1.70. The summed E-state index contributed by atoms with van der Waals surface area (Å²) < 4.78 is 11.7. The first-order chi connectivity index (χ1) is 17.6. The Balaban J connectivity index is 1.77. The normalized spacial score (nSPS) is 13.2. The molecule has 202 valence electrons. The standard InChI is InChI=1S/C27H39N5O4S/c1-7-19-12-20(10-18(5)24(19)35-16-27(6,34)15-29-13-23(28)33)25-30-26(36-31-25)21-11-17(4)22(37-21)14-32(8-2)9-3/h10-12,29,34H,7-9,13-16H2,1-6H3,(H2,28,33). The molecule has 37 heavy (non-hydrogen) atoms. The van der Waals surface area contributed by atoms with E-state index < -0.39 is 11.5 Å². The van der Waals surface area contributed by atoms with E-state index in [4.69, 9.17) is 20.0 Å². The summed E-state index contributed by atoms with van der Waals surface area (Å²) in [6.07, 6.45) is 0.732. The number of nitrogens with two attached hydrogens (primary N) is 1. The topological polar surface area (TPSA) is 127 Å². The van der Waals surface area contributed by atoms with Crippen molar-refractivity contribution in [1.82, 2.24) is 20.4 Å². The largest absolute Gasteiger partial charge is 0.490 e. The Morgan fingerprint density at radius 3 is 2.59 bits per heavy atom. The lowest BCUT2D eigenvalue weighted by Gasteiger charge is -2.25. The minimum Gasteiger partial charge on any atom is -0.490 e. The maximum atomic E-state index is 10.9. The minimum absolute atomic E-state index is 0.000942. The van der Waals surface area contributed by atoms with Crippen LogP contribution in [0.25, 0.3) is 22.2 Å². The van der Waals surface area contributed by atoms with Crippen molar-refractivity contribution in [2.45, 2.75) is 60.1 Å². The van der Waals surface area contributed by atoms with Crippen LogP contribution in [-0.2, 0) is 17.8 Å². The van der Waals surface area contributed by atoms with Crippen LogP contribution in [0.4, 0.5) is 0 Å². The van der Waals surface area contributed by atoms with Gasteiger partial charge in [-0.15, -0.1) is 11.3 Å². The third kappa shape index (κ3) is 7.61. The van der Waals surface area contributed by atoms with Gasteiger partial charge in [-0.25, -0.2) is 0 Å². The zero-order valence-corrected chi connectivity index (χ0v) is 23.5. The number of thiophene rings is 1.